The van der Waals surface area contributed by atoms with Crippen LogP contribution in [0, 0.1) is 11.8 Å². The molecule has 0 bridgehead atoms. The van der Waals surface area contributed by atoms with Crippen LogP contribution in [0.4, 0.5) is 0 Å². The van der Waals surface area contributed by atoms with Gasteiger partial charge in [-0.25, -0.2) is 0 Å². The Bertz CT molecular complexity index is 815. The quantitative estimate of drug-likeness (QED) is 0.511. The highest BCUT2D eigenvalue weighted by Crippen LogP contribution is 2.52. The number of pyridine rings is 1. The average molecular weight is 396 g/mol. The van der Waals surface area contributed by atoms with Crippen molar-refractivity contribution in [3.63, 3.8) is 0 Å². The van der Waals surface area contributed by atoms with Gasteiger partial charge < -0.3 is 9.84 Å². The summed E-state index contributed by atoms with van der Waals surface area (Å²) in [6.07, 6.45) is 8.68. The smallest absolute Gasteiger partial charge is 0.127 e. The van der Waals surface area contributed by atoms with E-state index in [0.29, 0.717) is 17.6 Å². The predicted octanol–water partition coefficient (Wildman–Crippen LogP) is 7.05. The zero-order valence-electron chi connectivity index (χ0n) is 18.9. The molecule has 4 atom stereocenters. The van der Waals surface area contributed by atoms with Gasteiger partial charge in [-0.3, -0.25) is 4.98 Å². The van der Waals surface area contributed by atoms with Crippen LogP contribution in [0.15, 0.2) is 36.7 Å². The van der Waals surface area contributed by atoms with Gasteiger partial charge in [-0.15, -0.1) is 0 Å². The molecule has 2 aromatic rings. The Morgan fingerprint density at radius 2 is 1.83 bits per heavy atom. The molecule has 1 aliphatic rings. The molecule has 1 aromatic carbocycles. The Morgan fingerprint density at radius 1 is 1.14 bits per heavy atom. The minimum atomic E-state index is -0.317. The molecule has 0 saturated heterocycles. The largest absolute Gasteiger partial charge is 0.507 e. The summed E-state index contributed by atoms with van der Waals surface area (Å²) in [5.74, 6) is 2.45. The Balaban J connectivity index is 1.99. The van der Waals surface area contributed by atoms with Crippen LogP contribution < -0.4 is 4.74 Å². The van der Waals surface area contributed by atoms with E-state index in [-0.39, 0.29) is 17.4 Å². The molecule has 2 unspecified atom stereocenters. The highest BCUT2D eigenvalue weighted by molar-refractivity contribution is 5.55. The highest BCUT2D eigenvalue weighted by Gasteiger charge is 2.43. The molecule has 3 nitrogen and oxygen atoms in total. The number of phenols is 1. The molecular weight excluding hydrogens is 358 g/mol. The van der Waals surface area contributed by atoms with Crippen molar-refractivity contribution in [3.05, 3.63) is 53.3 Å². The fourth-order valence-corrected chi connectivity index (χ4v) is 4.64. The van der Waals surface area contributed by atoms with Crippen molar-refractivity contribution in [2.45, 2.75) is 84.7 Å². The van der Waals surface area contributed by atoms with E-state index >= 15 is 0 Å². The van der Waals surface area contributed by atoms with E-state index in [1.807, 2.05) is 18.5 Å². The van der Waals surface area contributed by atoms with Crippen LogP contribution in [0.3, 0.4) is 0 Å². The van der Waals surface area contributed by atoms with Gasteiger partial charge >= 0.3 is 0 Å². The van der Waals surface area contributed by atoms with Crippen LogP contribution >= 0.6 is 0 Å². The van der Waals surface area contributed by atoms with Gasteiger partial charge in [0.1, 0.15) is 17.1 Å². The monoisotopic (exact) mass is 395 g/mol. The molecule has 0 spiro atoms. The van der Waals surface area contributed by atoms with Crippen molar-refractivity contribution < 1.29 is 9.84 Å². The molecule has 0 aliphatic carbocycles. The first-order chi connectivity index (χ1) is 13.8. The summed E-state index contributed by atoms with van der Waals surface area (Å²) in [4.78, 5) is 4.17. The molecule has 1 N–H and O–H groups in total. The Morgan fingerprint density at radius 3 is 2.48 bits per heavy atom. The van der Waals surface area contributed by atoms with Gasteiger partial charge in [-0.1, -0.05) is 53.4 Å². The number of nitrogens with zero attached hydrogens (tertiary/aromatic N) is 1. The van der Waals surface area contributed by atoms with Crippen LogP contribution in [0.1, 0.15) is 95.8 Å². The number of fused-ring (bicyclic) bond motifs is 1. The van der Waals surface area contributed by atoms with E-state index in [4.69, 9.17) is 4.74 Å². The normalized spacial score (nSPS) is 22.4. The number of aromatic hydroxyl groups is 1. The summed E-state index contributed by atoms with van der Waals surface area (Å²) in [7, 11) is 0. The molecule has 1 aliphatic heterocycles. The summed E-state index contributed by atoms with van der Waals surface area (Å²) in [6.45, 7) is 13.3. The standard InChI is InChI=1S/C26H37NO2/c1-7-8-9-10-17(2)18(3)21-15-22(28)25-23(16-21)29-26(5,6)19(4)24(25)20-11-13-27-14-12-20/h11-19,24,28H,7-10H2,1-6H3/t17?,18?,19-,24-/m0/s1. The Hall–Kier alpha value is -2.03. The van der Waals surface area contributed by atoms with Crippen LogP contribution in [-0.2, 0) is 0 Å². The van der Waals surface area contributed by atoms with E-state index in [0.717, 1.165) is 11.3 Å². The summed E-state index contributed by atoms with van der Waals surface area (Å²) >= 11 is 0. The first-order valence-electron chi connectivity index (χ1n) is 11.2. The third-order valence-corrected chi connectivity index (χ3v) is 7.13. The number of hydrogen-bond donors (Lipinski definition) is 1. The SMILES string of the molecule is CCCCCC(C)C(C)c1cc(O)c2c(c1)OC(C)(C)[C@@H](C)[C@H]2c1ccncc1. The summed E-state index contributed by atoms with van der Waals surface area (Å²) in [6, 6.07) is 8.26. The second-order valence-corrected chi connectivity index (χ2v) is 9.47. The topological polar surface area (TPSA) is 42.4 Å². The molecule has 0 amide bonds. The van der Waals surface area contributed by atoms with Crippen molar-refractivity contribution in [2.24, 2.45) is 11.8 Å². The molecule has 0 fully saturated rings. The molecule has 3 rings (SSSR count). The molecule has 0 radical (unpaired) electrons. The zero-order valence-corrected chi connectivity index (χ0v) is 18.9. The van der Waals surface area contributed by atoms with Gasteiger partial charge in [-0.2, -0.15) is 0 Å². The third kappa shape index (κ3) is 4.44. The van der Waals surface area contributed by atoms with Gasteiger partial charge in [0.25, 0.3) is 0 Å². The average Bonchev–Trinajstić information content (AvgIpc) is 2.69. The lowest BCUT2D eigenvalue weighted by molar-refractivity contribution is 0.0248. The molecule has 158 valence electrons. The number of aromatic nitrogens is 1. The molecular formula is C26H37NO2. The molecule has 0 saturated carbocycles. The molecule has 2 heterocycles. The zero-order chi connectivity index (χ0) is 21.2. The van der Waals surface area contributed by atoms with E-state index < -0.39 is 0 Å². The van der Waals surface area contributed by atoms with Crippen molar-refractivity contribution >= 4 is 0 Å². The maximum absolute atomic E-state index is 11.1. The second kappa shape index (κ2) is 8.77. The van der Waals surface area contributed by atoms with Crippen molar-refractivity contribution in [3.8, 4) is 11.5 Å². The Kier molecular flexibility index (Phi) is 6.55. The van der Waals surface area contributed by atoms with Crippen LogP contribution in [0.5, 0.6) is 11.5 Å². The van der Waals surface area contributed by atoms with E-state index in [1.165, 1.54) is 36.8 Å². The van der Waals surface area contributed by atoms with Gasteiger partial charge in [-0.05, 0) is 61.1 Å². The predicted molar refractivity (Wildman–Crippen MR) is 120 cm³/mol. The minimum Gasteiger partial charge on any atom is -0.507 e. The Labute approximate surface area is 176 Å². The number of ether oxygens (including phenoxy) is 1. The fourth-order valence-electron chi connectivity index (χ4n) is 4.64. The van der Waals surface area contributed by atoms with Crippen LogP contribution in [0.2, 0.25) is 0 Å². The maximum Gasteiger partial charge on any atom is 0.127 e. The molecule has 29 heavy (non-hydrogen) atoms. The van der Waals surface area contributed by atoms with Crippen molar-refractivity contribution in [1.29, 1.82) is 0 Å². The number of unbranched alkanes of at least 4 members (excludes halogenated alkanes) is 2. The first kappa shape index (κ1) is 21.7. The van der Waals surface area contributed by atoms with Crippen LogP contribution in [-0.4, -0.2) is 15.7 Å². The second-order valence-electron chi connectivity index (χ2n) is 9.47. The van der Waals surface area contributed by atoms with Gasteiger partial charge in [0.15, 0.2) is 0 Å². The van der Waals surface area contributed by atoms with Crippen molar-refractivity contribution in [2.75, 3.05) is 0 Å². The number of hydrogen-bond acceptors (Lipinski definition) is 3. The van der Waals surface area contributed by atoms with E-state index in [2.05, 4.69) is 64.7 Å². The van der Waals surface area contributed by atoms with Crippen LogP contribution in [0.25, 0.3) is 0 Å². The third-order valence-electron chi connectivity index (χ3n) is 7.13. The summed E-state index contributed by atoms with van der Waals surface area (Å²) < 4.78 is 6.46. The number of benzene rings is 1. The first-order valence-corrected chi connectivity index (χ1v) is 11.2. The van der Waals surface area contributed by atoms with Gasteiger partial charge in [0.2, 0.25) is 0 Å². The highest BCUT2D eigenvalue weighted by atomic mass is 16.5. The number of rotatable bonds is 7. The molecule has 3 heteroatoms. The fraction of sp³-hybridized carbons (Fsp3) is 0.577. The number of phenolic OH excluding ortho intramolecular Hbond substituents is 1. The van der Waals surface area contributed by atoms with E-state index in [9.17, 15) is 5.11 Å². The van der Waals surface area contributed by atoms with Gasteiger partial charge in [0, 0.05) is 29.8 Å². The lowest BCUT2D eigenvalue weighted by Gasteiger charge is -2.44. The summed E-state index contributed by atoms with van der Waals surface area (Å²) in [5, 5.41) is 11.1. The minimum absolute atomic E-state index is 0.0862. The van der Waals surface area contributed by atoms with Crippen molar-refractivity contribution in [1.82, 2.24) is 4.98 Å². The maximum atomic E-state index is 11.1. The summed E-state index contributed by atoms with van der Waals surface area (Å²) in [5.41, 5.74) is 2.94. The molecule has 1 aromatic heterocycles. The van der Waals surface area contributed by atoms with Gasteiger partial charge in [0.05, 0.1) is 0 Å². The lowest BCUT2D eigenvalue weighted by Crippen LogP contribution is -2.43. The lowest BCUT2D eigenvalue weighted by atomic mass is 9.71. The van der Waals surface area contributed by atoms with E-state index in [1.54, 1.807) is 0 Å².